The van der Waals surface area contributed by atoms with Crippen LogP contribution in [-0.4, -0.2) is 49.7 Å². The molecule has 1 fully saturated rings. The molecule has 9 heteroatoms. The van der Waals surface area contributed by atoms with Crippen molar-refractivity contribution in [2.45, 2.75) is 4.90 Å². The minimum atomic E-state index is -4.32. The highest BCUT2D eigenvalue weighted by molar-refractivity contribution is 7.89. The van der Waals surface area contributed by atoms with Gasteiger partial charge in [0.05, 0.1) is 0 Å². The van der Waals surface area contributed by atoms with Crippen LogP contribution in [0.4, 0.5) is 8.78 Å². The van der Waals surface area contributed by atoms with Crippen LogP contribution in [0, 0.1) is 11.6 Å². The van der Waals surface area contributed by atoms with E-state index in [1.54, 1.807) is 18.2 Å². The summed E-state index contributed by atoms with van der Waals surface area (Å²) in [6.45, 7) is 0.117. The normalized spacial score (nSPS) is 15.9. The molecule has 0 aliphatic carbocycles. The van der Waals surface area contributed by atoms with Crippen LogP contribution >= 0.6 is 11.6 Å². The van der Waals surface area contributed by atoms with Crippen molar-refractivity contribution in [3.63, 3.8) is 0 Å². The lowest BCUT2D eigenvalue weighted by Gasteiger charge is -2.34. The van der Waals surface area contributed by atoms with Crippen LogP contribution in [0.15, 0.2) is 47.4 Å². The van der Waals surface area contributed by atoms with E-state index >= 15 is 0 Å². The molecule has 1 amide bonds. The number of rotatable bonds is 3. The second-order valence-corrected chi connectivity index (χ2v) is 8.07. The first-order valence-corrected chi connectivity index (χ1v) is 9.61. The summed E-state index contributed by atoms with van der Waals surface area (Å²) in [6, 6.07) is 9.34. The molecule has 1 saturated heterocycles. The van der Waals surface area contributed by atoms with Crippen LogP contribution in [0.5, 0.6) is 0 Å². The molecule has 5 nitrogen and oxygen atoms in total. The second-order valence-electron chi connectivity index (χ2n) is 5.76. The maximum Gasteiger partial charge on any atom is 0.253 e. The van der Waals surface area contributed by atoms with E-state index in [0.29, 0.717) is 10.6 Å². The summed E-state index contributed by atoms with van der Waals surface area (Å²) in [4.78, 5) is 13.0. The van der Waals surface area contributed by atoms with Crippen molar-refractivity contribution >= 4 is 27.5 Å². The van der Waals surface area contributed by atoms with E-state index in [9.17, 15) is 22.0 Å². The Morgan fingerprint density at radius 1 is 0.962 bits per heavy atom. The fourth-order valence-corrected chi connectivity index (χ4v) is 4.52. The molecule has 1 aliphatic rings. The van der Waals surface area contributed by atoms with Crippen molar-refractivity contribution < 1.29 is 22.0 Å². The van der Waals surface area contributed by atoms with Gasteiger partial charge in [-0.3, -0.25) is 4.79 Å². The number of carbonyl (C=O) groups excluding carboxylic acids is 1. The van der Waals surface area contributed by atoms with Gasteiger partial charge in [0.15, 0.2) is 4.90 Å². The van der Waals surface area contributed by atoms with Crippen LogP contribution in [0.3, 0.4) is 0 Å². The van der Waals surface area contributed by atoms with Crippen LogP contribution in [0.2, 0.25) is 5.02 Å². The molecule has 0 aromatic heterocycles. The van der Waals surface area contributed by atoms with E-state index in [-0.39, 0.29) is 32.1 Å². The third-order valence-electron chi connectivity index (χ3n) is 4.11. The molecule has 0 bridgehead atoms. The van der Waals surface area contributed by atoms with E-state index in [0.717, 1.165) is 22.5 Å². The Bertz CT molecular complexity index is 925. The van der Waals surface area contributed by atoms with Crippen molar-refractivity contribution in [3.05, 3.63) is 64.7 Å². The summed E-state index contributed by atoms with van der Waals surface area (Å²) < 4.78 is 53.8. The predicted molar refractivity (Wildman–Crippen MR) is 92.5 cm³/mol. The first-order valence-electron chi connectivity index (χ1n) is 7.80. The molecule has 2 aromatic carbocycles. The number of carbonyl (C=O) groups is 1. The SMILES string of the molecule is O=C(c1cccc(Cl)c1)N1CCN(S(=O)(=O)c2c(F)cccc2F)CC1. The Labute approximate surface area is 154 Å². The maximum absolute atomic E-state index is 13.8. The topological polar surface area (TPSA) is 57.7 Å². The molecule has 3 rings (SSSR count). The minimum absolute atomic E-state index is 0.0532. The fourth-order valence-electron chi connectivity index (χ4n) is 2.79. The third-order valence-corrected chi connectivity index (χ3v) is 6.30. The van der Waals surface area contributed by atoms with Gasteiger partial charge in [0.2, 0.25) is 10.0 Å². The number of benzene rings is 2. The summed E-state index contributed by atoms with van der Waals surface area (Å²) in [7, 11) is -4.32. The lowest BCUT2D eigenvalue weighted by atomic mass is 10.2. The van der Waals surface area contributed by atoms with Crippen LogP contribution in [0.1, 0.15) is 10.4 Å². The number of piperazine rings is 1. The zero-order valence-corrected chi connectivity index (χ0v) is 15.1. The fraction of sp³-hybridized carbons (Fsp3) is 0.235. The largest absolute Gasteiger partial charge is 0.336 e. The van der Waals surface area contributed by atoms with Crippen LogP contribution in [0.25, 0.3) is 0 Å². The highest BCUT2D eigenvalue weighted by Gasteiger charge is 2.34. The number of halogens is 3. The van der Waals surface area contributed by atoms with Gasteiger partial charge in [-0.05, 0) is 30.3 Å². The van der Waals surface area contributed by atoms with Crippen LogP contribution in [-0.2, 0) is 10.0 Å². The maximum atomic E-state index is 13.8. The molecule has 26 heavy (non-hydrogen) atoms. The summed E-state index contributed by atoms with van der Waals surface area (Å²) in [5, 5.41) is 0.423. The Kier molecular flexibility index (Phi) is 5.27. The van der Waals surface area contributed by atoms with Crippen molar-refractivity contribution in [2.75, 3.05) is 26.2 Å². The second kappa shape index (κ2) is 7.30. The van der Waals surface area contributed by atoms with E-state index < -0.39 is 26.6 Å². The molecule has 0 N–H and O–H groups in total. The summed E-state index contributed by atoms with van der Waals surface area (Å²) in [5.74, 6) is -2.55. The number of sulfonamides is 1. The van der Waals surface area contributed by atoms with Crippen molar-refractivity contribution in [1.82, 2.24) is 9.21 Å². The molecule has 0 unspecified atom stereocenters. The Morgan fingerprint density at radius 2 is 1.54 bits per heavy atom. The summed E-state index contributed by atoms with van der Waals surface area (Å²) in [6.07, 6.45) is 0. The van der Waals surface area contributed by atoms with Gasteiger partial charge in [-0.2, -0.15) is 4.31 Å². The average molecular weight is 401 g/mol. The van der Waals surface area contributed by atoms with E-state index in [1.807, 2.05) is 0 Å². The average Bonchev–Trinajstić information content (AvgIpc) is 2.61. The van der Waals surface area contributed by atoms with E-state index in [2.05, 4.69) is 0 Å². The van der Waals surface area contributed by atoms with Gasteiger partial charge < -0.3 is 4.90 Å². The number of amides is 1. The third kappa shape index (κ3) is 3.58. The molecule has 0 radical (unpaired) electrons. The lowest BCUT2D eigenvalue weighted by Crippen LogP contribution is -2.50. The standard InChI is InChI=1S/C17H15ClF2N2O3S/c18-13-4-1-3-12(11-13)17(23)21-7-9-22(10-8-21)26(24,25)16-14(19)5-2-6-15(16)20/h1-6,11H,7-10H2. The highest BCUT2D eigenvalue weighted by Crippen LogP contribution is 2.24. The monoisotopic (exact) mass is 400 g/mol. The molecule has 0 atom stereocenters. The van der Waals surface area contributed by atoms with Gasteiger partial charge in [-0.25, -0.2) is 17.2 Å². The minimum Gasteiger partial charge on any atom is -0.336 e. The molecule has 1 aliphatic heterocycles. The molecule has 0 saturated carbocycles. The highest BCUT2D eigenvalue weighted by atomic mass is 35.5. The van der Waals surface area contributed by atoms with Gasteiger partial charge in [-0.1, -0.05) is 23.7 Å². The van der Waals surface area contributed by atoms with Crippen molar-refractivity contribution in [1.29, 1.82) is 0 Å². The van der Waals surface area contributed by atoms with Gasteiger partial charge >= 0.3 is 0 Å². The summed E-state index contributed by atoms with van der Waals surface area (Å²) in [5.41, 5.74) is 0.397. The van der Waals surface area contributed by atoms with Crippen molar-refractivity contribution in [3.8, 4) is 0 Å². The molecule has 1 heterocycles. The zero-order chi connectivity index (χ0) is 18.9. The van der Waals surface area contributed by atoms with E-state index in [4.69, 9.17) is 11.6 Å². The Morgan fingerprint density at radius 3 is 2.12 bits per heavy atom. The lowest BCUT2D eigenvalue weighted by molar-refractivity contribution is 0.0697. The zero-order valence-electron chi connectivity index (χ0n) is 13.5. The van der Waals surface area contributed by atoms with Crippen LogP contribution < -0.4 is 0 Å². The van der Waals surface area contributed by atoms with Crippen molar-refractivity contribution in [2.24, 2.45) is 0 Å². The van der Waals surface area contributed by atoms with Gasteiger partial charge in [-0.15, -0.1) is 0 Å². The first kappa shape index (κ1) is 18.8. The smallest absolute Gasteiger partial charge is 0.253 e. The first-order chi connectivity index (χ1) is 12.3. The molecule has 2 aromatic rings. The van der Waals surface area contributed by atoms with Gasteiger partial charge in [0.25, 0.3) is 5.91 Å². The molecule has 138 valence electrons. The predicted octanol–water partition coefficient (Wildman–Crippen LogP) is 2.76. The molecular formula is C17H15ClF2N2O3S. The molecule has 0 spiro atoms. The Balaban J connectivity index is 1.75. The number of hydrogen-bond donors (Lipinski definition) is 0. The number of hydrogen-bond acceptors (Lipinski definition) is 3. The van der Waals surface area contributed by atoms with E-state index in [1.165, 1.54) is 11.0 Å². The van der Waals surface area contributed by atoms with Gasteiger partial charge in [0, 0.05) is 36.8 Å². The number of nitrogens with zero attached hydrogens (tertiary/aromatic N) is 2. The Hall–Kier alpha value is -2.03. The summed E-state index contributed by atoms with van der Waals surface area (Å²) >= 11 is 5.88. The quantitative estimate of drug-likeness (QED) is 0.796. The molecular weight excluding hydrogens is 386 g/mol. The van der Waals surface area contributed by atoms with Gasteiger partial charge in [0.1, 0.15) is 11.6 Å².